The molecule has 1 spiro atoms. The third-order valence-electron chi connectivity index (χ3n) is 6.01. The summed E-state index contributed by atoms with van der Waals surface area (Å²) in [6.45, 7) is 4.29. The number of rotatable bonds is 6. The maximum atomic E-state index is 12.6. The fourth-order valence-corrected chi connectivity index (χ4v) is 4.01. The van der Waals surface area contributed by atoms with Gasteiger partial charge in [0, 0.05) is 6.07 Å². The summed E-state index contributed by atoms with van der Waals surface area (Å²) in [4.78, 5) is 36.7. The van der Waals surface area contributed by atoms with Crippen molar-refractivity contribution in [1.82, 2.24) is 9.97 Å². The van der Waals surface area contributed by atoms with Gasteiger partial charge in [-0.3, -0.25) is 9.78 Å². The predicted octanol–water partition coefficient (Wildman–Crippen LogP) is 3.94. The highest BCUT2D eigenvalue weighted by molar-refractivity contribution is 5.85. The van der Waals surface area contributed by atoms with Crippen molar-refractivity contribution < 1.29 is 9.25 Å². The Hall–Kier alpha value is -2.44. The molecule has 2 fully saturated rings. The molecule has 2 aliphatic carbocycles. The van der Waals surface area contributed by atoms with Gasteiger partial charge in [-0.2, -0.15) is 4.98 Å². The second-order valence-electron chi connectivity index (χ2n) is 8.68. The van der Waals surface area contributed by atoms with Gasteiger partial charge in [0.2, 0.25) is 5.71 Å². The Kier molecular flexibility index (Phi) is 5.08. The fourth-order valence-electron chi connectivity index (χ4n) is 4.01. The molecule has 28 heavy (non-hydrogen) atoms. The van der Waals surface area contributed by atoms with Gasteiger partial charge < -0.3 is 9.25 Å². The van der Waals surface area contributed by atoms with Crippen LogP contribution in [0, 0.1) is 11.3 Å². The third kappa shape index (κ3) is 4.18. The van der Waals surface area contributed by atoms with Crippen LogP contribution in [0.2, 0.25) is 0 Å². The van der Waals surface area contributed by atoms with Crippen LogP contribution in [0.4, 0.5) is 0 Å². The molecule has 0 saturated heterocycles. The molecule has 0 radical (unpaired) electrons. The number of nitrogens with one attached hydrogen (secondary N) is 1. The van der Waals surface area contributed by atoms with Gasteiger partial charge in [-0.15, -0.1) is 0 Å². The molecule has 0 bridgehead atoms. The van der Waals surface area contributed by atoms with E-state index in [1.54, 1.807) is 0 Å². The topological polar surface area (TPSA) is 97.5 Å². The van der Waals surface area contributed by atoms with Crippen molar-refractivity contribution >= 4 is 16.8 Å². The van der Waals surface area contributed by atoms with Crippen molar-refractivity contribution in [3.05, 3.63) is 32.4 Å². The van der Waals surface area contributed by atoms with Crippen LogP contribution in [0.3, 0.4) is 0 Å². The zero-order valence-electron chi connectivity index (χ0n) is 16.5. The van der Waals surface area contributed by atoms with Crippen LogP contribution in [0.25, 0.3) is 11.1 Å². The SMILES string of the molecule is CC(C)CCCc1cc(=O)oc2nc(ON=C3CCC4(CC3)CC4)[nH]c(=O)c12. The van der Waals surface area contributed by atoms with E-state index in [2.05, 4.69) is 29.0 Å². The van der Waals surface area contributed by atoms with Crippen LogP contribution in [0.1, 0.15) is 70.8 Å². The number of hydrogen-bond acceptors (Lipinski definition) is 6. The molecule has 7 nitrogen and oxygen atoms in total. The Bertz CT molecular complexity index is 1000. The quantitative estimate of drug-likeness (QED) is 0.760. The molecule has 2 saturated carbocycles. The summed E-state index contributed by atoms with van der Waals surface area (Å²) in [6, 6.07) is 1.34. The number of oxime groups is 1. The minimum absolute atomic E-state index is 0.00609. The molecule has 150 valence electrons. The highest BCUT2D eigenvalue weighted by Gasteiger charge is 2.44. The van der Waals surface area contributed by atoms with Gasteiger partial charge in [0.1, 0.15) is 5.39 Å². The second kappa shape index (κ2) is 7.53. The zero-order valence-corrected chi connectivity index (χ0v) is 16.5. The van der Waals surface area contributed by atoms with E-state index in [4.69, 9.17) is 9.25 Å². The van der Waals surface area contributed by atoms with Crippen molar-refractivity contribution in [2.75, 3.05) is 0 Å². The molecule has 2 heterocycles. The summed E-state index contributed by atoms with van der Waals surface area (Å²) >= 11 is 0. The van der Waals surface area contributed by atoms with Gasteiger partial charge in [-0.1, -0.05) is 25.4 Å². The Morgan fingerprint density at radius 1 is 1.25 bits per heavy atom. The van der Waals surface area contributed by atoms with Crippen LogP contribution >= 0.6 is 0 Å². The van der Waals surface area contributed by atoms with E-state index in [9.17, 15) is 9.59 Å². The average Bonchev–Trinajstić information content (AvgIpc) is 3.39. The molecular weight excluding hydrogens is 358 g/mol. The van der Waals surface area contributed by atoms with Crippen LogP contribution in [-0.4, -0.2) is 15.7 Å². The van der Waals surface area contributed by atoms with Crippen molar-refractivity contribution in [2.45, 2.75) is 71.6 Å². The van der Waals surface area contributed by atoms with Crippen molar-refractivity contribution in [1.29, 1.82) is 0 Å². The monoisotopic (exact) mass is 385 g/mol. The third-order valence-corrected chi connectivity index (χ3v) is 6.01. The average molecular weight is 385 g/mol. The summed E-state index contributed by atoms with van der Waals surface area (Å²) in [6.07, 6.45) is 9.38. The first-order valence-electron chi connectivity index (χ1n) is 10.2. The lowest BCUT2D eigenvalue weighted by molar-refractivity contribution is 0.302. The minimum atomic E-state index is -0.510. The van der Waals surface area contributed by atoms with Crippen LogP contribution in [0.15, 0.2) is 25.2 Å². The molecule has 2 aromatic heterocycles. The fraction of sp³-hybridized carbons (Fsp3) is 0.619. The van der Waals surface area contributed by atoms with E-state index in [0.717, 1.165) is 44.2 Å². The number of fused-ring (bicyclic) bond motifs is 1. The lowest BCUT2D eigenvalue weighted by atomic mass is 9.85. The molecular formula is C21H27N3O4. The molecule has 0 atom stereocenters. The molecule has 0 aromatic carbocycles. The molecule has 4 rings (SSSR count). The van der Waals surface area contributed by atoms with Gasteiger partial charge in [-0.05, 0) is 68.3 Å². The van der Waals surface area contributed by atoms with Gasteiger partial charge in [0.15, 0.2) is 0 Å². The van der Waals surface area contributed by atoms with E-state index in [0.29, 0.717) is 28.7 Å². The first kappa shape index (κ1) is 18.9. The van der Waals surface area contributed by atoms with Crippen molar-refractivity contribution in [3.63, 3.8) is 0 Å². The van der Waals surface area contributed by atoms with Gasteiger partial charge in [-0.25, -0.2) is 4.79 Å². The van der Waals surface area contributed by atoms with Crippen molar-refractivity contribution in [3.8, 4) is 6.01 Å². The van der Waals surface area contributed by atoms with E-state index in [1.807, 2.05) is 0 Å². The van der Waals surface area contributed by atoms with Crippen LogP contribution in [-0.2, 0) is 6.42 Å². The summed E-state index contributed by atoms with van der Waals surface area (Å²) in [5.41, 5.74) is 1.36. The number of aromatic nitrogens is 2. The zero-order chi connectivity index (χ0) is 19.7. The molecule has 7 heteroatoms. The summed E-state index contributed by atoms with van der Waals surface area (Å²) < 4.78 is 5.16. The smallest absolute Gasteiger partial charge is 0.337 e. The highest BCUT2D eigenvalue weighted by atomic mass is 16.6. The summed E-state index contributed by atoms with van der Waals surface area (Å²) in [5.74, 6) is 0.566. The molecule has 1 N–H and O–H groups in total. The Labute approximate surface area is 163 Å². The normalized spacial score (nSPS) is 18.0. The maximum Gasteiger partial charge on any atom is 0.337 e. The van der Waals surface area contributed by atoms with Gasteiger partial charge in [0.05, 0.1) is 5.71 Å². The lowest BCUT2D eigenvalue weighted by Crippen LogP contribution is -2.17. The van der Waals surface area contributed by atoms with Crippen LogP contribution in [0.5, 0.6) is 6.01 Å². The Morgan fingerprint density at radius 2 is 2.00 bits per heavy atom. The molecule has 0 amide bonds. The van der Waals surface area contributed by atoms with E-state index < -0.39 is 5.63 Å². The number of nitrogens with zero attached hydrogens (tertiary/aromatic N) is 2. The first-order chi connectivity index (χ1) is 13.4. The summed E-state index contributed by atoms with van der Waals surface area (Å²) in [5, 5.41) is 4.49. The predicted molar refractivity (Wildman–Crippen MR) is 107 cm³/mol. The Morgan fingerprint density at radius 3 is 2.68 bits per heavy atom. The summed E-state index contributed by atoms with van der Waals surface area (Å²) in [7, 11) is 0. The number of aryl methyl sites for hydroxylation is 1. The number of hydrogen-bond donors (Lipinski definition) is 1. The number of aromatic amines is 1. The molecule has 0 unspecified atom stereocenters. The standard InChI is InChI=1S/C21H27N3O4/c1-13(2)4-3-5-14-12-16(25)27-19-17(14)18(26)22-20(23-19)28-24-15-6-8-21(9-7-15)10-11-21/h12-13H,3-11H2,1-2H3,(H,22,23,26). The van der Waals surface area contributed by atoms with Crippen molar-refractivity contribution in [2.24, 2.45) is 16.5 Å². The molecule has 2 aromatic rings. The van der Waals surface area contributed by atoms with E-state index in [-0.39, 0.29) is 17.3 Å². The van der Waals surface area contributed by atoms with Gasteiger partial charge >= 0.3 is 11.6 Å². The number of H-pyrrole nitrogens is 1. The largest absolute Gasteiger partial charge is 0.403 e. The Balaban J connectivity index is 1.54. The lowest BCUT2D eigenvalue weighted by Gasteiger charge is -2.21. The van der Waals surface area contributed by atoms with E-state index in [1.165, 1.54) is 18.9 Å². The first-order valence-corrected chi connectivity index (χ1v) is 10.2. The highest BCUT2D eigenvalue weighted by Crippen LogP contribution is 2.55. The van der Waals surface area contributed by atoms with Gasteiger partial charge in [0.25, 0.3) is 5.56 Å². The van der Waals surface area contributed by atoms with E-state index >= 15 is 0 Å². The molecule has 2 aliphatic rings. The second-order valence-corrected chi connectivity index (χ2v) is 8.68. The van der Waals surface area contributed by atoms with Crippen LogP contribution < -0.4 is 16.0 Å². The minimum Gasteiger partial charge on any atom is -0.403 e. The maximum absolute atomic E-state index is 12.6. The molecule has 0 aliphatic heterocycles.